The highest BCUT2D eigenvalue weighted by molar-refractivity contribution is 5.82. The molecule has 1 aromatic carbocycles. The Morgan fingerprint density at radius 3 is 2.64 bits per heavy atom. The van der Waals surface area contributed by atoms with E-state index < -0.39 is 0 Å². The molecule has 2 N–H and O–H groups in total. The number of nitrogens with zero attached hydrogens (tertiary/aromatic N) is 6. The molecule has 0 radical (unpaired) electrons. The van der Waals surface area contributed by atoms with Gasteiger partial charge in [-0.2, -0.15) is 0 Å². The van der Waals surface area contributed by atoms with Gasteiger partial charge in [-0.1, -0.05) is 6.07 Å². The summed E-state index contributed by atoms with van der Waals surface area (Å²) in [5.41, 5.74) is 11.9. The molecule has 0 aliphatic rings. The van der Waals surface area contributed by atoms with Gasteiger partial charge in [-0.05, 0) is 62.1 Å². The number of fused-ring (bicyclic) bond motifs is 2. The SMILES string of the molecule is Cc1ccc2c(=O)c(CN(CCCn3cnc4c(N)ncnc43)Cc3ccncc3)c(C)oc2c1C. The Hall–Kier alpha value is -4.11. The Kier molecular flexibility index (Phi) is 6.47. The molecule has 0 saturated heterocycles. The van der Waals surface area contributed by atoms with Gasteiger partial charge in [0.15, 0.2) is 16.9 Å². The Bertz CT molecular complexity index is 1590. The van der Waals surface area contributed by atoms with E-state index in [0.717, 1.165) is 35.3 Å². The topological polar surface area (TPSA) is 116 Å². The monoisotopic (exact) mass is 483 g/mol. The Balaban J connectivity index is 1.40. The van der Waals surface area contributed by atoms with Crippen LogP contribution < -0.4 is 11.2 Å². The molecule has 5 rings (SSSR count). The molecule has 4 heterocycles. The number of nitrogen functional groups attached to an aromatic ring is 1. The minimum absolute atomic E-state index is 0.0318. The molecule has 0 bridgehead atoms. The van der Waals surface area contributed by atoms with E-state index in [1.165, 1.54) is 6.33 Å². The quantitative estimate of drug-likeness (QED) is 0.353. The fourth-order valence-corrected chi connectivity index (χ4v) is 4.53. The first-order valence-corrected chi connectivity index (χ1v) is 12.0. The highest BCUT2D eigenvalue weighted by Crippen LogP contribution is 2.23. The van der Waals surface area contributed by atoms with Crippen LogP contribution in [-0.4, -0.2) is 35.9 Å². The lowest BCUT2D eigenvalue weighted by Crippen LogP contribution is -2.28. The third-order valence-electron chi connectivity index (χ3n) is 6.72. The van der Waals surface area contributed by atoms with E-state index in [-0.39, 0.29) is 5.43 Å². The van der Waals surface area contributed by atoms with Crippen molar-refractivity contribution in [3.8, 4) is 0 Å². The number of hydrogen-bond donors (Lipinski definition) is 1. The maximum atomic E-state index is 13.5. The number of anilines is 1. The molecular formula is C27H29N7O2. The second-order valence-corrected chi connectivity index (χ2v) is 9.14. The maximum Gasteiger partial charge on any atom is 0.197 e. The number of imidazole rings is 1. The number of hydrogen-bond acceptors (Lipinski definition) is 8. The fraction of sp³-hybridized carbons (Fsp3) is 0.296. The van der Waals surface area contributed by atoms with Crippen molar-refractivity contribution in [1.29, 1.82) is 0 Å². The van der Waals surface area contributed by atoms with E-state index in [4.69, 9.17) is 10.2 Å². The van der Waals surface area contributed by atoms with E-state index in [0.29, 0.717) is 53.3 Å². The zero-order valence-corrected chi connectivity index (χ0v) is 20.7. The summed E-state index contributed by atoms with van der Waals surface area (Å²) in [6, 6.07) is 7.85. The predicted octanol–water partition coefficient (Wildman–Crippen LogP) is 3.93. The van der Waals surface area contributed by atoms with Crippen molar-refractivity contribution in [2.45, 2.75) is 46.8 Å². The van der Waals surface area contributed by atoms with Crippen LogP contribution in [0.1, 0.15) is 34.4 Å². The van der Waals surface area contributed by atoms with E-state index in [1.807, 2.05) is 49.6 Å². The van der Waals surface area contributed by atoms with E-state index in [1.54, 1.807) is 18.7 Å². The fourth-order valence-electron chi connectivity index (χ4n) is 4.53. The summed E-state index contributed by atoms with van der Waals surface area (Å²) < 4.78 is 8.17. The molecule has 0 aliphatic heterocycles. The largest absolute Gasteiger partial charge is 0.460 e. The molecule has 0 amide bonds. The average Bonchev–Trinajstić information content (AvgIpc) is 3.29. The lowest BCUT2D eigenvalue weighted by molar-refractivity contribution is 0.245. The van der Waals surface area contributed by atoms with Crippen molar-refractivity contribution in [2.24, 2.45) is 0 Å². The Morgan fingerprint density at radius 1 is 1.03 bits per heavy atom. The molecule has 4 aromatic heterocycles. The molecule has 9 nitrogen and oxygen atoms in total. The summed E-state index contributed by atoms with van der Waals surface area (Å²) in [4.78, 5) is 32.6. The summed E-state index contributed by atoms with van der Waals surface area (Å²) in [6.07, 6.45) is 7.61. The number of nitrogens with two attached hydrogens (primary N) is 1. The molecule has 184 valence electrons. The smallest absolute Gasteiger partial charge is 0.197 e. The Morgan fingerprint density at radius 2 is 1.83 bits per heavy atom. The normalized spacial score (nSPS) is 11.7. The lowest BCUT2D eigenvalue weighted by Gasteiger charge is -2.23. The van der Waals surface area contributed by atoms with Crippen LogP contribution in [0.4, 0.5) is 5.82 Å². The first kappa shape index (κ1) is 23.6. The summed E-state index contributed by atoms with van der Waals surface area (Å²) in [6.45, 7) is 8.54. The van der Waals surface area contributed by atoms with Gasteiger partial charge in [-0.15, -0.1) is 0 Å². The predicted molar refractivity (Wildman–Crippen MR) is 139 cm³/mol. The van der Waals surface area contributed by atoms with E-state index in [9.17, 15) is 4.79 Å². The van der Waals surface area contributed by atoms with Crippen molar-refractivity contribution in [3.05, 3.63) is 87.6 Å². The number of benzene rings is 1. The highest BCUT2D eigenvalue weighted by Gasteiger charge is 2.18. The summed E-state index contributed by atoms with van der Waals surface area (Å²) in [5.74, 6) is 1.04. The molecular weight excluding hydrogens is 454 g/mol. The van der Waals surface area contributed by atoms with E-state index >= 15 is 0 Å². The molecule has 0 saturated carbocycles. The van der Waals surface area contributed by atoms with Crippen LogP contribution in [0.2, 0.25) is 0 Å². The van der Waals surface area contributed by atoms with Gasteiger partial charge >= 0.3 is 0 Å². The highest BCUT2D eigenvalue weighted by atomic mass is 16.3. The third-order valence-corrected chi connectivity index (χ3v) is 6.72. The maximum absolute atomic E-state index is 13.5. The van der Waals surface area contributed by atoms with Crippen molar-refractivity contribution in [2.75, 3.05) is 12.3 Å². The van der Waals surface area contributed by atoms with Gasteiger partial charge in [0, 0.05) is 38.6 Å². The molecule has 0 atom stereocenters. The molecule has 0 spiro atoms. The molecule has 0 fully saturated rings. The second-order valence-electron chi connectivity index (χ2n) is 9.14. The molecule has 36 heavy (non-hydrogen) atoms. The van der Waals surface area contributed by atoms with Crippen molar-refractivity contribution >= 4 is 28.0 Å². The minimum Gasteiger partial charge on any atom is -0.460 e. The zero-order valence-electron chi connectivity index (χ0n) is 20.7. The van der Waals surface area contributed by atoms with Crippen molar-refractivity contribution < 1.29 is 4.42 Å². The third kappa shape index (κ3) is 4.57. The standard InChI is InChI=1S/C27H29N7O2/c1-17-5-6-21-24(35)22(19(3)36-25(21)18(17)2)14-33(13-20-7-9-29-10-8-20)11-4-12-34-16-32-23-26(28)30-15-31-27(23)34/h5-10,15-16H,4,11-14H2,1-3H3,(H2,28,30,31). The van der Waals surface area contributed by atoms with Gasteiger partial charge in [0.1, 0.15) is 23.2 Å². The van der Waals surface area contributed by atoms with Crippen LogP contribution in [0, 0.1) is 20.8 Å². The van der Waals surface area contributed by atoms with Crippen LogP contribution >= 0.6 is 0 Å². The lowest BCUT2D eigenvalue weighted by atomic mass is 10.0. The van der Waals surface area contributed by atoms with E-state index in [2.05, 4.69) is 24.8 Å². The van der Waals surface area contributed by atoms with Crippen LogP contribution in [0.15, 0.2) is 58.5 Å². The number of rotatable bonds is 8. The molecule has 5 aromatic rings. The zero-order chi connectivity index (χ0) is 25.2. The molecule has 9 heteroatoms. The van der Waals surface area contributed by atoms with Crippen molar-refractivity contribution in [3.63, 3.8) is 0 Å². The van der Waals surface area contributed by atoms with Crippen LogP contribution in [-0.2, 0) is 19.6 Å². The van der Waals surface area contributed by atoms with Gasteiger partial charge < -0.3 is 14.7 Å². The Labute approximate surface area is 208 Å². The number of aromatic nitrogens is 5. The molecule has 0 unspecified atom stereocenters. The van der Waals surface area contributed by atoms with Gasteiger partial charge in [-0.3, -0.25) is 14.7 Å². The summed E-state index contributed by atoms with van der Waals surface area (Å²) >= 11 is 0. The average molecular weight is 484 g/mol. The van der Waals surface area contributed by atoms with Crippen LogP contribution in [0.3, 0.4) is 0 Å². The summed E-state index contributed by atoms with van der Waals surface area (Å²) in [7, 11) is 0. The van der Waals surface area contributed by atoms with Crippen molar-refractivity contribution in [1.82, 2.24) is 29.4 Å². The number of pyridine rings is 1. The van der Waals surface area contributed by atoms with Crippen LogP contribution in [0.25, 0.3) is 22.1 Å². The van der Waals surface area contributed by atoms with Gasteiger partial charge in [0.25, 0.3) is 0 Å². The second kappa shape index (κ2) is 9.87. The van der Waals surface area contributed by atoms with Gasteiger partial charge in [0.2, 0.25) is 0 Å². The van der Waals surface area contributed by atoms with Gasteiger partial charge in [-0.25, -0.2) is 15.0 Å². The van der Waals surface area contributed by atoms with Crippen LogP contribution in [0.5, 0.6) is 0 Å². The summed E-state index contributed by atoms with van der Waals surface area (Å²) in [5, 5.41) is 0.629. The first-order chi connectivity index (χ1) is 17.4. The minimum atomic E-state index is 0.0318. The van der Waals surface area contributed by atoms with Gasteiger partial charge in [0.05, 0.1) is 17.3 Å². The molecule has 0 aliphatic carbocycles. The first-order valence-electron chi connectivity index (χ1n) is 12.0. The number of aryl methyl sites for hydroxylation is 4.